The molecular formula is C18H15BNaO. The van der Waals surface area contributed by atoms with Crippen molar-refractivity contribution in [1.82, 2.24) is 0 Å². The predicted octanol–water partition coefficient (Wildman–Crippen LogP) is -0.912. The van der Waals surface area contributed by atoms with Crippen molar-refractivity contribution in [3.05, 3.63) is 91.0 Å². The summed E-state index contributed by atoms with van der Waals surface area (Å²) >= 11 is 0. The van der Waals surface area contributed by atoms with E-state index in [9.17, 15) is 0 Å². The van der Waals surface area contributed by atoms with Crippen LogP contribution in [0.15, 0.2) is 91.0 Å². The van der Waals surface area contributed by atoms with Gasteiger partial charge in [-0.05, 0) is 0 Å². The van der Waals surface area contributed by atoms with Gasteiger partial charge >= 0.3 is 29.6 Å². The third-order valence-electron chi connectivity index (χ3n) is 3.40. The summed E-state index contributed by atoms with van der Waals surface area (Å²) in [4.78, 5) is 0. The molecule has 0 aliphatic carbocycles. The Kier molecular flexibility index (Phi) is 7.48. The molecule has 0 heterocycles. The second-order valence-corrected chi connectivity index (χ2v) is 4.67. The Bertz CT molecular complexity index is 535. The number of hydrogen-bond donors (Lipinski definition) is 0. The summed E-state index contributed by atoms with van der Waals surface area (Å²) in [5.41, 5.74) is 4.00. The van der Waals surface area contributed by atoms with Gasteiger partial charge in [-0.2, -0.15) is 0 Å². The van der Waals surface area contributed by atoms with Crippen LogP contribution < -0.4 is 45.9 Å². The van der Waals surface area contributed by atoms with E-state index in [0.29, 0.717) is 6.71 Å². The maximum Gasteiger partial charge on any atom is 1.00 e. The molecule has 0 amide bonds. The molecule has 21 heavy (non-hydrogen) atoms. The summed E-state index contributed by atoms with van der Waals surface area (Å²) in [5, 5.41) is 0. The topological polar surface area (TPSA) is 28.5 Å². The first kappa shape index (κ1) is 17.7. The fraction of sp³-hybridized carbons (Fsp3) is 0. The van der Waals surface area contributed by atoms with E-state index >= 15 is 0 Å². The summed E-state index contributed by atoms with van der Waals surface area (Å²) < 4.78 is 0. The van der Waals surface area contributed by atoms with Crippen LogP contribution in [0, 0.1) is 0 Å². The Hall–Kier alpha value is -1.32. The molecule has 0 unspecified atom stereocenters. The van der Waals surface area contributed by atoms with Gasteiger partial charge in [-0.25, -0.2) is 0 Å². The number of rotatable bonds is 3. The smallest absolute Gasteiger partial charge is 1.00 e. The van der Waals surface area contributed by atoms with Crippen LogP contribution in [0.1, 0.15) is 0 Å². The molecule has 3 rings (SSSR count). The minimum absolute atomic E-state index is 0. The molecule has 3 heteroatoms. The van der Waals surface area contributed by atoms with Gasteiger partial charge in [-0.3, -0.25) is 0 Å². The fourth-order valence-corrected chi connectivity index (χ4v) is 2.51. The van der Waals surface area contributed by atoms with E-state index in [1.807, 2.05) is 0 Å². The first-order valence-electron chi connectivity index (χ1n) is 6.60. The molecule has 1 nitrogen and oxygen atoms in total. The van der Waals surface area contributed by atoms with Crippen molar-refractivity contribution < 1.29 is 35.0 Å². The third-order valence-corrected chi connectivity index (χ3v) is 3.40. The molecule has 0 aliphatic heterocycles. The number of benzene rings is 3. The first-order valence-corrected chi connectivity index (χ1v) is 6.60. The summed E-state index contributed by atoms with van der Waals surface area (Å²) in [5.74, 6) is 0. The van der Waals surface area contributed by atoms with Crippen LogP contribution in [0.2, 0.25) is 0 Å². The van der Waals surface area contributed by atoms with Gasteiger partial charge in [0.1, 0.15) is 0 Å². The quantitative estimate of drug-likeness (QED) is 0.556. The first-order chi connectivity index (χ1) is 9.45. The van der Waals surface area contributed by atoms with Crippen molar-refractivity contribution in [2.75, 3.05) is 0 Å². The predicted molar refractivity (Wildman–Crippen MR) is 84.7 cm³/mol. The van der Waals surface area contributed by atoms with Gasteiger partial charge in [0, 0.05) is 0 Å². The normalized spacial score (nSPS) is 9.14. The van der Waals surface area contributed by atoms with Crippen LogP contribution in [-0.2, 0) is 5.48 Å². The molecule has 3 aromatic rings. The van der Waals surface area contributed by atoms with E-state index in [1.54, 1.807) is 0 Å². The van der Waals surface area contributed by atoms with Crippen molar-refractivity contribution in [1.29, 1.82) is 0 Å². The van der Waals surface area contributed by atoms with Gasteiger partial charge in [0.25, 0.3) is 0 Å². The van der Waals surface area contributed by atoms with Gasteiger partial charge in [-0.15, -0.1) is 0 Å². The molecule has 0 aliphatic rings. The fourth-order valence-electron chi connectivity index (χ4n) is 2.51. The Balaban J connectivity index is 0.00000110. The Labute approximate surface area is 148 Å². The molecule has 0 saturated carbocycles. The summed E-state index contributed by atoms with van der Waals surface area (Å²) in [6.45, 7) is 0.309. The van der Waals surface area contributed by atoms with Gasteiger partial charge in [0.05, 0.1) is 0 Å². The summed E-state index contributed by atoms with van der Waals surface area (Å²) in [6.07, 6.45) is 0. The zero-order valence-corrected chi connectivity index (χ0v) is 14.1. The molecule has 0 bridgehead atoms. The largest absolute Gasteiger partial charge is 1.00 e. The molecule has 0 fully saturated rings. The van der Waals surface area contributed by atoms with Crippen LogP contribution in [0.25, 0.3) is 0 Å². The van der Waals surface area contributed by atoms with E-state index in [1.165, 1.54) is 16.4 Å². The van der Waals surface area contributed by atoms with E-state index in [0.717, 1.165) is 0 Å². The monoisotopic (exact) mass is 281 g/mol. The van der Waals surface area contributed by atoms with E-state index in [-0.39, 0.29) is 35.0 Å². The standard InChI is InChI=1S/C18H15B.Na.O/c1-4-10-16(11-5-1)19(17-12-6-2-7-13-17)18-14-8-3-9-15-18;;/h1-15H;;/q;+1;-1. The van der Waals surface area contributed by atoms with Gasteiger partial charge in [0.2, 0.25) is 6.71 Å². The van der Waals surface area contributed by atoms with Gasteiger partial charge in [-0.1, -0.05) is 107 Å². The Morgan fingerprint density at radius 3 is 0.905 bits per heavy atom. The summed E-state index contributed by atoms with van der Waals surface area (Å²) in [7, 11) is 0. The minimum atomic E-state index is 0. The molecule has 0 saturated heterocycles. The van der Waals surface area contributed by atoms with Gasteiger partial charge in [0.15, 0.2) is 0 Å². The van der Waals surface area contributed by atoms with Crippen LogP contribution in [0.4, 0.5) is 0 Å². The zero-order chi connectivity index (χ0) is 12.9. The molecule has 0 atom stereocenters. The zero-order valence-electron chi connectivity index (χ0n) is 12.1. The number of hydrogen-bond acceptors (Lipinski definition) is 1. The van der Waals surface area contributed by atoms with Crippen molar-refractivity contribution in [3.63, 3.8) is 0 Å². The van der Waals surface area contributed by atoms with Crippen LogP contribution >= 0.6 is 0 Å². The van der Waals surface area contributed by atoms with Crippen molar-refractivity contribution >= 4 is 23.1 Å². The molecule has 3 aromatic carbocycles. The maximum absolute atomic E-state index is 2.20. The Morgan fingerprint density at radius 1 is 0.429 bits per heavy atom. The third kappa shape index (κ3) is 4.32. The molecule has 0 aromatic heterocycles. The van der Waals surface area contributed by atoms with Crippen LogP contribution in [0.5, 0.6) is 0 Å². The van der Waals surface area contributed by atoms with Crippen LogP contribution in [0.3, 0.4) is 0 Å². The van der Waals surface area contributed by atoms with Gasteiger partial charge < -0.3 is 5.48 Å². The Morgan fingerprint density at radius 2 is 0.667 bits per heavy atom. The molecule has 1 radical (unpaired) electrons. The van der Waals surface area contributed by atoms with Crippen LogP contribution in [-0.4, -0.2) is 6.71 Å². The second kappa shape index (κ2) is 8.86. The molecular weight excluding hydrogens is 266 g/mol. The molecule has 0 N–H and O–H groups in total. The second-order valence-electron chi connectivity index (χ2n) is 4.67. The average molecular weight is 281 g/mol. The van der Waals surface area contributed by atoms with Crippen molar-refractivity contribution in [3.8, 4) is 0 Å². The SMILES string of the molecule is [Na+].[O-].c1ccc(B(c2ccccc2)c2ccccc2)cc1. The van der Waals surface area contributed by atoms with E-state index < -0.39 is 0 Å². The summed E-state index contributed by atoms with van der Waals surface area (Å²) in [6, 6.07) is 32.0. The minimum Gasteiger partial charge on any atom is -1.00 e. The maximum atomic E-state index is 2.20. The van der Waals surface area contributed by atoms with E-state index in [2.05, 4.69) is 91.0 Å². The average Bonchev–Trinajstić information content (AvgIpc) is 2.51. The van der Waals surface area contributed by atoms with E-state index in [4.69, 9.17) is 0 Å². The van der Waals surface area contributed by atoms with Crippen molar-refractivity contribution in [2.45, 2.75) is 0 Å². The van der Waals surface area contributed by atoms with Crippen molar-refractivity contribution in [2.24, 2.45) is 0 Å². The molecule has 97 valence electrons. The molecule has 0 spiro atoms.